The maximum Gasteiger partial charge on any atom is 0.119 e. The summed E-state index contributed by atoms with van der Waals surface area (Å²) in [7, 11) is 0. The lowest BCUT2D eigenvalue weighted by molar-refractivity contribution is 0.191. The van der Waals surface area contributed by atoms with E-state index in [1.807, 2.05) is 30.3 Å². The number of nitrogens with two attached hydrogens (primary N) is 1. The fraction of sp³-hybridized carbons (Fsp3) is 0.538. The molecule has 1 unspecified atom stereocenters. The van der Waals surface area contributed by atoms with Crippen LogP contribution in [0.5, 0.6) is 5.75 Å². The molecular formula is C13H20N2O. The highest BCUT2D eigenvalue weighted by Gasteiger charge is 2.26. The van der Waals surface area contributed by atoms with Crippen LogP contribution in [0, 0.1) is 5.92 Å². The lowest BCUT2D eigenvalue weighted by Gasteiger charge is -2.33. The van der Waals surface area contributed by atoms with Crippen LogP contribution in [0.4, 0.5) is 0 Å². The molecule has 16 heavy (non-hydrogen) atoms. The summed E-state index contributed by atoms with van der Waals surface area (Å²) >= 11 is 0. The van der Waals surface area contributed by atoms with Crippen molar-refractivity contribution in [2.45, 2.75) is 31.7 Å². The molecular weight excluding hydrogens is 200 g/mol. The first kappa shape index (κ1) is 11.4. The summed E-state index contributed by atoms with van der Waals surface area (Å²) in [5.41, 5.74) is 2.91. The molecule has 1 fully saturated rings. The van der Waals surface area contributed by atoms with Gasteiger partial charge in [0.2, 0.25) is 0 Å². The fourth-order valence-electron chi connectivity index (χ4n) is 2.12. The SMILES string of the molecule is NNC(CCOc1ccccc1)C1CCC1. The second kappa shape index (κ2) is 5.87. The van der Waals surface area contributed by atoms with E-state index in [0.717, 1.165) is 24.7 Å². The molecule has 2 rings (SSSR count). The highest BCUT2D eigenvalue weighted by molar-refractivity contribution is 5.20. The standard InChI is InChI=1S/C13H20N2O/c14-15-13(11-5-4-6-11)9-10-16-12-7-2-1-3-8-12/h1-3,7-8,11,13,15H,4-6,9-10,14H2. The summed E-state index contributed by atoms with van der Waals surface area (Å²) < 4.78 is 5.66. The lowest BCUT2D eigenvalue weighted by atomic mass is 9.79. The molecule has 1 aliphatic rings. The van der Waals surface area contributed by atoms with E-state index in [9.17, 15) is 0 Å². The van der Waals surface area contributed by atoms with Crippen molar-refractivity contribution in [2.24, 2.45) is 11.8 Å². The smallest absolute Gasteiger partial charge is 0.119 e. The van der Waals surface area contributed by atoms with Gasteiger partial charge in [-0.05, 0) is 37.3 Å². The zero-order valence-corrected chi connectivity index (χ0v) is 9.56. The Morgan fingerprint density at radius 3 is 2.62 bits per heavy atom. The Morgan fingerprint density at radius 1 is 1.31 bits per heavy atom. The van der Waals surface area contributed by atoms with E-state index < -0.39 is 0 Å². The van der Waals surface area contributed by atoms with E-state index in [-0.39, 0.29) is 0 Å². The van der Waals surface area contributed by atoms with Gasteiger partial charge in [-0.15, -0.1) is 0 Å². The minimum Gasteiger partial charge on any atom is -0.494 e. The van der Waals surface area contributed by atoms with Crippen molar-refractivity contribution in [3.8, 4) is 5.75 Å². The van der Waals surface area contributed by atoms with Crippen LogP contribution in [0.2, 0.25) is 0 Å². The number of para-hydroxylation sites is 1. The molecule has 1 aromatic rings. The molecule has 1 aromatic carbocycles. The predicted molar refractivity (Wildman–Crippen MR) is 65.0 cm³/mol. The van der Waals surface area contributed by atoms with Crippen LogP contribution in [-0.2, 0) is 0 Å². The molecule has 0 radical (unpaired) electrons. The second-order valence-electron chi connectivity index (χ2n) is 4.41. The first-order valence-corrected chi connectivity index (χ1v) is 6.04. The third-order valence-electron chi connectivity index (χ3n) is 3.37. The summed E-state index contributed by atoms with van der Waals surface area (Å²) in [6.07, 6.45) is 4.94. The molecule has 1 atom stereocenters. The van der Waals surface area contributed by atoms with Gasteiger partial charge in [0.1, 0.15) is 5.75 Å². The zero-order valence-electron chi connectivity index (χ0n) is 9.56. The summed E-state index contributed by atoms with van der Waals surface area (Å²) in [6, 6.07) is 10.3. The van der Waals surface area contributed by atoms with Crippen LogP contribution in [-0.4, -0.2) is 12.6 Å². The quantitative estimate of drug-likeness (QED) is 0.570. The number of ether oxygens (including phenoxy) is 1. The average molecular weight is 220 g/mol. The highest BCUT2D eigenvalue weighted by atomic mass is 16.5. The average Bonchev–Trinajstić information content (AvgIpc) is 2.26. The Balaban J connectivity index is 1.70. The monoisotopic (exact) mass is 220 g/mol. The maximum absolute atomic E-state index is 5.66. The number of nitrogens with one attached hydrogen (secondary N) is 1. The van der Waals surface area contributed by atoms with E-state index >= 15 is 0 Å². The minimum absolute atomic E-state index is 0.414. The molecule has 0 amide bonds. The van der Waals surface area contributed by atoms with Crippen LogP contribution < -0.4 is 16.0 Å². The van der Waals surface area contributed by atoms with Crippen molar-refractivity contribution < 1.29 is 4.74 Å². The van der Waals surface area contributed by atoms with Gasteiger partial charge < -0.3 is 4.74 Å². The van der Waals surface area contributed by atoms with E-state index in [4.69, 9.17) is 10.6 Å². The Morgan fingerprint density at radius 2 is 2.06 bits per heavy atom. The number of hydrazine groups is 1. The van der Waals surface area contributed by atoms with Gasteiger partial charge in [-0.2, -0.15) is 0 Å². The second-order valence-corrected chi connectivity index (χ2v) is 4.41. The van der Waals surface area contributed by atoms with E-state index in [1.165, 1.54) is 19.3 Å². The first-order valence-electron chi connectivity index (χ1n) is 6.04. The van der Waals surface area contributed by atoms with Crippen molar-refractivity contribution in [3.05, 3.63) is 30.3 Å². The molecule has 0 spiro atoms. The third-order valence-corrected chi connectivity index (χ3v) is 3.37. The Kier molecular flexibility index (Phi) is 4.19. The van der Waals surface area contributed by atoms with E-state index in [2.05, 4.69) is 5.43 Å². The molecule has 3 heteroatoms. The molecule has 0 aliphatic heterocycles. The number of hydrogen-bond acceptors (Lipinski definition) is 3. The van der Waals surface area contributed by atoms with Gasteiger partial charge in [-0.3, -0.25) is 11.3 Å². The molecule has 0 bridgehead atoms. The molecule has 3 nitrogen and oxygen atoms in total. The molecule has 0 aromatic heterocycles. The normalized spacial score (nSPS) is 17.8. The van der Waals surface area contributed by atoms with Crippen LogP contribution in [0.25, 0.3) is 0 Å². The third kappa shape index (κ3) is 2.97. The molecule has 1 aliphatic carbocycles. The summed E-state index contributed by atoms with van der Waals surface area (Å²) in [5, 5.41) is 0. The Labute approximate surface area is 97.0 Å². The minimum atomic E-state index is 0.414. The number of benzene rings is 1. The van der Waals surface area contributed by atoms with Crippen molar-refractivity contribution >= 4 is 0 Å². The zero-order chi connectivity index (χ0) is 11.2. The van der Waals surface area contributed by atoms with Gasteiger partial charge in [0.25, 0.3) is 0 Å². The maximum atomic E-state index is 5.66. The Hall–Kier alpha value is -1.06. The van der Waals surface area contributed by atoms with Gasteiger partial charge in [0.05, 0.1) is 6.61 Å². The highest BCUT2D eigenvalue weighted by Crippen LogP contribution is 2.30. The predicted octanol–water partition coefficient (Wildman–Crippen LogP) is 2.09. The fourth-order valence-corrected chi connectivity index (χ4v) is 2.12. The van der Waals surface area contributed by atoms with Crippen LogP contribution in [0.3, 0.4) is 0 Å². The molecule has 88 valence electrons. The van der Waals surface area contributed by atoms with Gasteiger partial charge in [0, 0.05) is 6.04 Å². The molecule has 1 saturated carbocycles. The van der Waals surface area contributed by atoms with Crippen molar-refractivity contribution in [3.63, 3.8) is 0 Å². The molecule has 0 saturated heterocycles. The summed E-state index contributed by atoms with van der Waals surface area (Å²) in [4.78, 5) is 0. The number of hydrogen-bond donors (Lipinski definition) is 2. The molecule has 3 N–H and O–H groups in total. The van der Waals surface area contributed by atoms with Crippen LogP contribution >= 0.6 is 0 Å². The first-order chi connectivity index (χ1) is 7.90. The van der Waals surface area contributed by atoms with Crippen molar-refractivity contribution in [2.75, 3.05) is 6.61 Å². The number of rotatable bonds is 6. The van der Waals surface area contributed by atoms with Crippen LogP contribution in [0.1, 0.15) is 25.7 Å². The van der Waals surface area contributed by atoms with Crippen molar-refractivity contribution in [1.82, 2.24) is 5.43 Å². The van der Waals surface area contributed by atoms with Gasteiger partial charge in [-0.1, -0.05) is 24.6 Å². The van der Waals surface area contributed by atoms with Crippen molar-refractivity contribution in [1.29, 1.82) is 0 Å². The summed E-state index contributed by atoms with van der Waals surface area (Å²) in [5.74, 6) is 7.25. The largest absolute Gasteiger partial charge is 0.494 e. The van der Waals surface area contributed by atoms with Gasteiger partial charge in [-0.25, -0.2) is 0 Å². The summed E-state index contributed by atoms with van der Waals surface area (Å²) in [6.45, 7) is 0.732. The van der Waals surface area contributed by atoms with E-state index in [0.29, 0.717) is 6.04 Å². The van der Waals surface area contributed by atoms with E-state index in [1.54, 1.807) is 0 Å². The van der Waals surface area contributed by atoms with Gasteiger partial charge >= 0.3 is 0 Å². The topological polar surface area (TPSA) is 47.3 Å². The Bertz CT molecular complexity index is 298. The lowest BCUT2D eigenvalue weighted by Crippen LogP contribution is -2.44. The van der Waals surface area contributed by atoms with Gasteiger partial charge in [0.15, 0.2) is 0 Å². The van der Waals surface area contributed by atoms with Crippen LogP contribution in [0.15, 0.2) is 30.3 Å². The molecule has 0 heterocycles.